The van der Waals surface area contributed by atoms with Crippen LogP contribution in [-0.4, -0.2) is 7.05 Å². The molecule has 0 bridgehead atoms. The predicted molar refractivity (Wildman–Crippen MR) is 85.9 cm³/mol. The molecule has 0 saturated heterocycles. The van der Waals surface area contributed by atoms with Gasteiger partial charge in [-0.2, -0.15) is 0 Å². The maximum Gasteiger partial charge on any atom is 0.152 e. The van der Waals surface area contributed by atoms with Crippen LogP contribution in [0.4, 0.5) is 0 Å². The fraction of sp³-hybridized carbons (Fsp3) is 0.250. The maximum atomic E-state index is 6.18. The van der Waals surface area contributed by atoms with Gasteiger partial charge in [0.2, 0.25) is 0 Å². The first kappa shape index (κ1) is 13.7. The topological polar surface area (TPSA) is 25.2 Å². The molecular weight excluding hydrogens is 290 g/mol. The van der Waals surface area contributed by atoms with Crippen LogP contribution < -0.4 is 5.32 Å². The number of hydrogen-bond acceptors (Lipinski definition) is 3. The third-order valence-corrected chi connectivity index (χ3v) is 5.07. The van der Waals surface area contributed by atoms with Crippen molar-refractivity contribution >= 4 is 33.9 Å². The van der Waals surface area contributed by atoms with Gasteiger partial charge in [-0.15, -0.1) is 11.3 Å². The Labute approximate surface area is 127 Å². The highest BCUT2D eigenvalue weighted by Gasteiger charge is 2.20. The van der Waals surface area contributed by atoms with Crippen molar-refractivity contribution < 1.29 is 4.42 Å². The molecule has 0 fully saturated rings. The number of aryl methyl sites for hydroxylation is 2. The Morgan fingerprint density at radius 3 is 2.65 bits per heavy atom. The van der Waals surface area contributed by atoms with Crippen LogP contribution in [0.5, 0.6) is 0 Å². The number of nitrogens with one attached hydrogen (secondary N) is 1. The van der Waals surface area contributed by atoms with Crippen molar-refractivity contribution in [2.45, 2.75) is 19.9 Å². The van der Waals surface area contributed by atoms with E-state index in [1.165, 1.54) is 15.3 Å². The summed E-state index contributed by atoms with van der Waals surface area (Å²) in [7, 11) is 1.95. The Kier molecular flexibility index (Phi) is 3.59. The molecule has 1 N–H and O–H groups in total. The quantitative estimate of drug-likeness (QED) is 0.730. The molecule has 0 spiro atoms. The molecule has 0 aliphatic rings. The second-order valence-electron chi connectivity index (χ2n) is 4.92. The number of fused-ring (bicyclic) bond motifs is 1. The highest BCUT2D eigenvalue weighted by Crippen LogP contribution is 2.35. The van der Waals surface area contributed by atoms with E-state index < -0.39 is 0 Å². The van der Waals surface area contributed by atoms with Gasteiger partial charge in [-0.3, -0.25) is 0 Å². The first-order valence-electron chi connectivity index (χ1n) is 6.52. The van der Waals surface area contributed by atoms with Crippen LogP contribution in [-0.2, 0) is 0 Å². The van der Waals surface area contributed by atoms with E-state index >= 15 is 0 Å². The molecular formula is C16H16ClNOS. The highest BCUT2D eigenvalue weighted by atomic mass is 35.5. The summed E-state index contributed by atoms with van der Waals surface area (Å²) < 4.78 is 5.97. The number of hydrogen-bond donors (Lipinski definition) is 1. The predicted octanol–water partition coefficient (Wildman–Crippen LogP) is 5.07. The standard InChI is InChI=1S/C16H16ClNOS/c1-9-7-14(20-10(9)2)15(18-3)13-8-11-5-4-6-12(17)16(11)19-13/h4-8,15,18H,1-3H3. The molecule has 0 radical (unpaired) electrons. The molecule has 1 aromatic carbocycles. The fourth-order valence-corrected chi connectivity index (χ4v) is 3.74. The zero-order chi connectivity index (χ0) is 14.3. The van der Waals surface area contributed by atoms with E-state index in [0.29, 0.717) is 5.02 Å². The molecule has 3 rings (SSSR count). The summed E-state index contributed by atoms with van der Waals surface area (Å²) in [4.78, 5) is 2.60. The third kappa shape index (κ3) is 2.26. The van der Waals surface area contributed by atoms with Crippen molar-refractivity contribution in [1.29, 1.82) is 0 Å². The second kappa shape index (κ2) is 5.24. The summed E-state index contributed by atoms with van der Waals surface area (Å²) in [5, 5.41) is 5.02. The monoisotopic (exact) mass is 305 g/mol. The zero-order valence-electron chi connectivity index (χ0n) is 11.7. The fourth-order valence-electron chi connectivity index (χ4n) is 2.36. The largest absolute Gasteiger partial charge is 0.457 e. The van der Waals surface area contributed by atoms with E-state index in [2.05, 4.69) is 31.3 Å². The minimum absolute atomic E-state index is 0.0656. The second-order valence-corrected chi connectivity index (χ2v) is 6.61. The minimum atomic E-state index is 0.0656. The van der Waals surface area contributed by atoms with Crippen LogP contribution in [0.15, 0.2) is 34.7 Å². The molecule has 1 unspecified atom stereocenters. The van der Waals surface area contributed by atoms with E-state index in [9.17, 15) is 0 Å². The van der Waals surface area contributed by atoms with Crippen LogP contribution in [0.1, 0.15) is 27.1 Å². The molecule has 0 amide bonds. The van der Waals surface area contributed by atoms with Gasteiger partial charge in [-0.1, -0.05) is 23.7 Å². The van der Waals surface area contributed by atoms with E-state index in [4.69, 9.17) is 16.0 Å². The van der Waals surface area contributed by atoms with Crippen LogP contribution in [0.25, 0.3) is 11.0 Å². The lowest BCUT2D eigenvalue weighted by molar-refractivity contribution is 0.495. The lowest BCUT2D eigenvalue weighted by atomic mass is 10.1. The number of rotatable bonds is 3. The summed E-state index contributed by atoms with van der Waals surface area (Å²) >= 11 is 7.98. The molecule has 2 aromatic heterocycles. The minimum Gasteiger partial charge on any atom is -0.457 e. The number of thiophene rings is 1. The number of para-hydroxylation sites is 1. The summed E-state index contributed by atoms with van der Waals surface area (Å²) in [6.45, 7) is 4.28. The number of halogens is 1. The van der Waals surface area contributed by atoms with Crippen molar-refractivity contribution in [3.63, 3.8) is 0 Å². The Balaban J connectivity index is 2.09. The van der Waals surface area contributed by atoms with Crippen molar-refractivity contribution in [2.75, 3.05) is 7.05 Å². The van der Waals surface area contributed by atoms with Crippen LogP contribution in [0.3, 0.4) is 0 Å². The molecule has 3 aromatic rings. The van der Waals surface area contributed by atoms with Crippen LogP contribution >= 0.6 is 22.9 Å². The first-order chi connectivity index (χ1) is 9.60. The molecule has 4 heteroatoms. The molecule has 20 heavy (non-hydrogen) atoms. The van der Waals surface area contributed by atoms with Gasteiger partial charge in [0.05, 0.1) is 5.02 Å². The van der Waals surface area contributed by atoms with Crippen molar-refractivity contribution in [3.05, 3.63) is 56.4 Å². The van der Waals surface area contributed by atoms with Crippen LogP contribution in [0, 0.1) is 13.8 Å². The Hall–Kier alpha value is -1.29. The van der Waals surface area contributed by atoms with Gasteiger partial charge in [-0.25, -0.2) is 0 Å². The molecule has 1 atom stereocenters. The van der Waals surface area contributed by atoms with Crippen molar-refractivity contribution in [2.24, 2.45) is 0 Å². The third-order valence-electron chi connectivity index (χ3n) is 3.56. The molecule has 0 saturated carbocycles. The summed E-state index contributed by atoms with van der Waals surface area (Å²) in [5.74, 6) is 0.900. The van der Waals surface area contributed by atoms with Crippen molar-refractivity contribution in [3.8, 4) is 0 Å². The molecule has 0 aliphatic carbocycles. The van der Waals surface area contributed by atoms with Gasteiger partial charge in [0.25, 0.3) is 0 Å². The maximum absolute atomic E-state index is 6.18. The summed E-state index contributed by atoms with van der Waals surface area (Å²) in [5.41, 5.74) is 2.08. The molecule has 0 aliphatic heterocycles. The zero-order valence-corrected chi connectivity index (χ0v) is 13.2. The van der Waals surface area contributed by atoms with E-state index in [-0.39, 0.29) is 6.04 Å². The highest BCUT2D eigenvalue weighted by molar-refractivity contribution is 7.12. The summed E-state index contributed by atoms with van der Waals surface area (Å²) in [6, 6.07) is 10.2. The van der Waals surface area contributed by atoms with E-state index in [1.807, 2.05) is 25.2 Å². The van der Waals surface area contributed by atoms with Crippen molar-refractivity contribution in [1.82, 2.24) is 5.32 Å². The number of benzene rings is 1. The first-order valence-corrected chi connectivity index (χ1v) is 7.71. The normalized spacial score (nSPS) is 13.0. The molecule has 104 valence electrons. The summed E-state index contributed by atoms with van der Waals surface area (Å²) in [6.07, 6.45) is 0. The molecule has 2 heterocycles. The van der Waals surface area contributed by atoms with Gasteiger partial charge in [0, 0.05) is 15.1 Å². The van der Waals surface area contributed by atoms with Gasteiger partial charge in [0.15, 0.2) is 5.58 Å². The average Bonchev–Trinajstić information content (AvgIpc) is 2.97. The average molecular weight is 306 g/mol. The Bertz CT molecular complexity index is 740. The lowest BCUT2D eigenvalue weighted by Gasteiger charge is -2.11. The Morgan fingerprint density at radius 2 is 2.05 bits per heavy atom. The van der Waals surface area contributed by atoms with Crippen LogP contribution in [0.2, 0.25) is 5.02 Å². The van der Waals surface area contributed by atoms with Gasteiger partial charge in [0.1, 0.15) is 11.8 Å². The van der Waals surface area contributed by atoms with E-state index in [1.54, 1.807) is 11.3 Å². The SMILES string of the molecule is CNC(c1cc2cccc(Cl)c2o1)c1cc(C)c(C)s1. The van der Waals surface area contributed by atoms with Gasteiger partial charge >= 0.3 is 0 Å². The number of furan rings is 1. The molecule has 2 nitrogen and oxygen atoms in total. The van der Waals surface area contributed by atoms with Gasteiger partial charge in [-0.05, 0) is 44.7 Å². The smallest absolute Gasteiger partial charge is 0.152 e. The van der Waals surface area contributed by atoms with E-state index in [0.717, 1.165) is 16.7 Å². The Morgan fingerprint density at radius 1 is 1.25 bits per heavy atom. The lowest BCUT2D eigenvalue weighted by Crippen LogP contribution is -2.15. The van der Waals surface area contributed by atoms with Gasteiger partial charge < -0.3 is 9.73 Å².